The maximum atomic E-state index is 12.7. The number of carbonyl (C=O) groups excluding carboxylic acids is 2. The molecule has 1 aliphatic rings. The third-order valence-corrected chi connectivity index (χ3v) is 5.18. The molecule has 1 saturated heterocycles. The van der Waals surface area contributed by atoms with E-state index in [1.807, 2.05) is 18.2 Å². The van der Waals surface area contributed by atoms with E-state index < -0.39 is 11.7 Å². The number of benzene rings is 1. The number of halogens is 3. The Labute approximate surface area is 173 Å². The smallest absolute Gasteiger partial charge is 0.347 e. The van der Waals surface area contributed by atoms with Crippen molar-refractivity contribution in [2.45, 2.75) is 38.3 Å². The molecule has 0 aliphatic carbocycles. The van der Waals surface area contributed by atoms with Crippen molar-refractivity contribution in [1.82, 2.24) is 15.2 Å². The summed E-state index contributed by atoms with van der Waals surface area (Å²) in [5.74, 6) is -0.266. The molecule has 0 saturated carbocycles. The van der Waals surface area contributed by atoms with Crippen LogP contribution in [0.3, 0.4) is 0 Å². The van der Waals surface area contributed by atoms with Gasteiger partial charge in [-0.25, -0.2) is 0 Å². The number of nitrogens with one attached hydrogen (secondary N) is 1. The Morgan fingerprint density at radius 3 is 2.57 bits per heavy atom. The van der Waals surface area contributed by atoms with Crippen molar-refractivity contribution >= 4 is 11.8 Å². The molecule has 3 rings (SSSR count). The first-order valence-electron chi connectivity index (χ1n) is 9.86. The van der Waals surface area contributed by atoms with Gasteiger partial charge in [-0.3, -0.25) is 14.6 Å². The highest BCUT2D eigenvalue weighted by Gasteiger charge is 2.30. The molecule has 1 unspecified atom stereocenters. The molecule has 1 aromatic carbocycles. The molecule has 1 atom stereocenters. The number of pyridine rings is 1. The normalized spacial score (nSPS) is 16.9. The van der Waals surface area contributed by atoms with Gasteiger partial charge in [0.25, 0.3) is 0 Å². The van der Waals surface area contributed by atoms with Crippen LogP contribution in [0.4, 0.5) is 13.2 Å². The average molecular weight is 419 g/mol. The minimum Gasteiger partial charge on any atom is -0.347 e. The minimum absolute atomic E-state index is 0.0105. The maximum absolute atomic E-state index is 12.7. The number of hydrogen-bond donors (Lipinski definition) is 1. The molecule has 8 heteroatoms. The monoisotopic (exact) mass is 419 g/mol. The van der Waals surface area contributed by atoms with Crippen LogP contribution in [-0.2, 0) is 22.2 Å². The Morgan fingerprint density at radius 1 is 1.17 bits per heavy atom. The highest BCUT2D eigenvalue weighted by molar-refractivity contribution is 5.83. The molecule has 1 N–H and O–H groups in total. The van der Waals surface area contributed by atoms with Gasteiger partial charge in [-0.1, -0.05) is 18.2 Å². The predicted molar refractivity (Wildman–Crippen MR) is 106 cm³/mol. The molecule has 5 nitrogen and oxygen atoms in total. The molecule has 1 fully saturated rings. The lowest BCUT2D eigenvalue weighted by molar-refractivity contribution is -0.137. The molecule has 30 heavy (non-hydrogen) atoms. The molecule has 2 aromatic rings. The lowest BCUT2D eigenvalue weighted by Gasteiger charge is -2.32. The van der Waals surface area contributed by atoms with Crippen molar-refractivity contribution in [3.05, 3.63) is 65.0 Å². The first-order valence-corrected chi connectivity index (χ1v) is 9.86. The molecule has 0 bridgehead atoms. The third kappa shape index (κ3) is 5.81. The van der Waals surface area contributed by atoms with E-state index in [1.165, 1.54) is 19.1 Å². The second-order valence-electron chi connectivity index (χ2n) is 7.51. The number of hydrogen-bond acceptors (Lipinski definition) is 3. The van der Waals surface area contributed by atoms with Crippen LogP contribution in [0, 0.1) is 0 Å². The van der Waals surface area contributed by atoms with Crippen molar-refractivity contribution in [2.75, 3.05) is 19.6 Å². The summed E-state index contributed by atoms with van der Waals surface area (Å²) < 4.78 is 38.2. The highest BCUT2D eigenvalue weighted by Crippen LogP contribution is 2.30. The van der Waals surface area contributed by atoms with E-state index in [0.717, 1.165) is 41.9 Å². The topological polar surface area (TPSA) is 62.3 Å². The van der Waals surface area contributed by atoms with E-state index in [9.17, 15) is 22.8 Å². The van der Waals surface area contributed by atoms with E-state index in [4.69, 9.17) is 4.98 Å². The van der Waals surface area contributed by atoms with E-state index >= 15 is 0 Å². The fraction of sp³-hybridized carbons (Fsp3) is 0.409. The van der Waals surface area contributed by atoms with Gasteiger partial charge in [0.1, 0.15) is 0 Å². The van der Waals surface area contributed by atoms with Crippen LogP contribution in [0.1, 0.15) is 48.2 Å². The number of piperidine rings is 1. The van der Waals surface area contributed by atoms with Gasteiger partial charge in [-0.15, -0.1) is 0 Å². The summed E-state index contributed by atoms with van der Waals surface area (Å²) >= 11 is 0. The lowest BCUT2D eigenvalue weighted by atomic mass is 9.93. The summed E-state index contributed by atoms with van der Waals surface area (Å²) in [6.07, 6.45) is -2.16. The summed E-state index contributed by atoms with van der Waals surface area (Å²) in [5, 5.41) is 2.53. The van der Waals surface area contributed by atoms with Gasteiger partial charge in [0.2, 0.25) is 11.8 Å². The number of aromatic nitrogens is 1. The summed E-state index contributed by atoms with van der Waals surface area (Å²) in [4.78, 5) is 29.8. The van der Waals surface area contributed by atoms with Crippen LogP contribution in [0.25, 0.3) is 0 Å². The zero-order chi connectivity index (χ0) is 21.7. The zero-order valence-electron chi connectivity index (χ0n) is 16.7. The predicted octanol–water partition coefficient (Wildman–Crippen LogP) is 3.53. The van der Waals surface area contributed by atoms with Gasteiger partial charge in [0, 0.05) is 43.7 Å². The van der Waals surface area contributed by atoms with Crippen LogP contribution in [-0.4, -0.2) is 41.3 Å². The second-order valence-corrected chi connectivity index (χ2v) is 7.51. The van der Waals surface area contributed by atoms with Crippen LogP contribution in [0.15, 0.2) is 42.5 Å². The molecular formula is C22H24F3N3O2. The summed E-state index contributed by atoms with van der Waals surface area (Å²) in [7, 11) is 0. The van der Waals surface area contributed by atoms with Crippen molar-refractivity contribution in [2.24, 2.45) is 0 Å². The largest absolute Gasteiger partial charge is 0.416 e. The molecule has 2 heterocycles. The zero-order valence-corrected chi connectivity index (χ0v) is 16.7. The standard InChI is InChI=1S/C22H24F3N3O2/c1-15(29)26-13-21(30)28-11-3-4-17(14-28)20-6-2-5-19(27-20)12-16-7-9-18(10-8-16)22(23,24)25/h2,5-10,17H,3-4,11-14H2,1H3,(H,26,29). The molecule has 160 valence electrons. The van der Waals surface area contributed by atoms with Crippen LogP contribution >= 0.6 is 0 Å². The van der Waals surface area contributed by atoms with E-state index in [-0.39, 0.29) is 24.3 Å². The van der Waals surface area contributed by atoms with Crippen molar-refractivity contribution in [3.63, 3.8) is 0 Å². The number of nitrogens with zero attached hydrogens (tertiary/aromatic N) is 2. The summed E-state index contributed by atoms with van der Waals surface area (Å²) in [5.41, 5.74) is 1.73. The average Bonchev–Trinajstić information content (AvgIpc) is 2.72. The van der Waals surface area contributed by atoms with Crippen molar-refractivity contribution in [1.29, 1.82) is 0 Å². The highest BCUT2D eigenvalue weighted by atomic mass is 19.4. The SMILES string of the molecule is CC(=O)NCC(=O)N1CCCC(c2cccc(Cc3ccc(C(F)(F)F)cc3)n2)C1. The fourth-order valence-electron chi connectivity index (χ4n) is 3.60. The van der Waals surface area contributed by atoms with Crippen LogP contribution in [0.2, 0.25) is 0 Å². The first-order chi connectivity index (χ1) is 14.2. The first kappa shape index (κ1) is 21.8. The third-order valence-electron chi connectivity index (χ3n) is 5.18. The van der Waals surface area contributed by atoms with Gasteiger partial charge >= 0.3 is 6.18 Å². The Morgan fingerprint density at radius 2 is 1.90 bits per heavy atom. The van der Waals surface area contributed by atoms with Gasteiger partial charge < -0.3 is 10.2 Å². The van der Waals surface area contributed by atoms with E-state index in [1.54, 1.807) is 4.90 Å². The Bertz CT molecular complexity index is 897. The van der Waals surface area contributed by atoms with E-state index in [2.05, 4.69) is 5.32 Å². The fourth-order valence-corrected chi connectivity index (χ4v) is 3.60. The van der Waals surface area contributed by atoms with Gasteiger partial charge in [-0.2, -0.15) is 13.2 Å². The van der Waals surface area contributed by atoms with Crippen molar-refractivity contribution in [3.8, 4) is 0 Å². The molecule has 0 spiro atoms. The second kappa shape index (κ2) is 9.28. The maximum Gasteiger partial charge on any atom is 0.416 e. The van der Waals surface area contributed by atoms with Gasteiger partial charge in [0.15, 0.2) is 0 Å². The quantitative estimate of drug-likeness (QED) is 0.807. The van der Waals surface area contributed by atoms with Crippen molar-refractivity contribution < 1.29 is 22.8 Å². The minimum atomic E-state index is -4.35. The van der Waals surface area contributed by atoms with Crippen LogP contribution < -0.4 is 5.32 Å². The van der Waals surface area contributed by atoms with E-state index in [0.29, 0.717) is 19.5 Å². The Balaban J connectivity index is 1.66. The van der Waals surface area contributed by atoms with Gasteiger partial charge in [0.05, 0.1) is 12.1 Å². The molecular weight excluding hydrogens is 395 g/mol. The van der Waals surface area contributed by atoms with Crippen LogP contribution in [0.5, 0.6) is 0 Å². The number of amides is 2. The molecule has 0 radical (unpaired) electrons. The summed E-state index contributed by atoms with van der Waals surface area (Å²) in [6.45, 7) is 2.55. The molecule has 2 amide bonds. The lowest BCUT2D eigenvalue weighted by Crippen LogP contribution is -2.44. The number of carbonyl (C=O) groups is 2. The summed E-state index contributed by atoms with van der Waals surface area (Å²) in [6, 6.07) is 10.8. The Kier molecular flexibility index (Phi) is 6.74. The number of alkyl halides is 3. The number of rotatable bonds is 5. The van der Waals surface area contributed by atoms with Gasteiger partial charge in [-0.05, 0) is 42.7 Å². The molecule has 1 aliphatic heterocycles. The Hall–Kier alpha value is -2.90. The number of likely N-dealkylation sites (tertiary alicyclic amines) is 1. The molecule has 1 aromatic heterocycles.